The van der Waals surface area contributed by atoms with Crippen LogP contribution >= 0.6 is 0 Å². The molecule has 1 saturated carbocycles. The summed E-state index contributed by atoms with van der Waals surface area (Å²) in [5.41, 5.74) is 9.91. The molecule has 0 bridgehead atoms. The van der Waals surface area contributed by atoms with Crippen LogP contribution in [0.5, 0.6) is 5.75 Å². The Morgan fingerprint density at radius 1 is 1.26 bits per heavy atom. The third-order valence-electron chi connectivity index (χ3n) is 5.33. The molecule has 0 heterocycles. The van der Waals surface area contributed by atoms with Crippen LogP contribution in [-0.2, 0) is 11.4 Å². The van der Waals surface area contributed by atoms with Crippen molar-refractivity contribution in [3.8, 4) is 5.75 Å². The van der Waals surface area contributed by atoms with E-state index in [4.69, 9.17) is 15.3 Å². The quantitative estimate of drug-likeness (QED) is 0.578. The SMILES string of the molecule is COc1cccc(CON=C(C)c2ccc([C@H]3CC[C@](N)(CO)C3)cc2)c1. The molecule has 1 aliphatic carbocycles. The number of aliphatic hydroxyl groups excluding tert-OH is 1. The molecule has 5 heteroatoms. The highest BCUT2D eigenvalue weighted by molar-refractivity contribution is 5.98. The Bertz CT molecular complexity index is 788. The Balaban J connectivity index is 1.58. The van der Waals surface area contributed by atoms with Gasteiger partial charge in [-0.25, -0.2) is 0 Å². The van der Waals surface area contributed by atoms with Crippen LogP contribution < -0.4 is 10.5 Å². The zero-order chi connectivity index (χ0) is 19.3. The Morgan fingerprint density at radius 3 is 2.70 bits per heavy atom. The zero-order valence-corrected chi connectivity index (χ0v) is 16.0. The van der Waals surface area contributed by atoms with Gasteiger partial charge in [0.1, 0.15) is 12.4 Å². The Labute approximate surface area is 160 Å². The van der Waals surface area contributed by atoms with Crippen molar-refractivity contribution in [3.05, 3.63) is 65.2 Å². The van der Waals surface area contributed by atoms with Gasteiger partial charge in [0.25, 0.3) is 0 Å². The lowest BCUT2D eigenvalue weighted by atomic mass is 9.93. The van der Waals surface area contributed by atoms with Crippen LogP contribution in [-0.4, -0.2) is 30.1 Å². The van der Waals surface area contributed by atoms with E-state index < -0.39 is 5.54 Å². The van der Waals surface area contributed by atoms with Gasteiger partial charge in [-0.1, -0.05) is 41.6 Å². The van der Waals surface area contributed by atoms with Gasteiger partial charge in [0.15, 0.2) is 0 Å². The maximum atomic E-state index is 9.44. The molecule has 144 valence electrons. The number of methoxy groups -OCH3 is 1. The molecule has 0 aliphatic heterocycles. The van der Waals surface area contributed by atoms with Crippen molar-refractivity contribution < 1.29 is 14.7 Å². The minimum atomic E-state index is -0.422. The molecular formula is C22H28N2O3. The smallest absolute Gasteiger partial charge is 0.142 e. The highest BCUT2D eigenvalue weighted by Gasteiger charge is 2.35. The van der Waals surface area contributed by atoms with Crippen molar-refractivity contribution in [1.82, 2.24) is 0 Å². The van der Waals surface area contributed by atoms with Gasteiger partial charge in [-0.15, -0.1) is 0 Å². The standard InChI is InChI=1S/C22H28N2O3/c1-16(24-27-14-17-4-3-5-21(12-17)26-2)18-6-8-19(9-7-18)20-10-11-22(23,13-20)15-25/h3-9,12,20,25H,10-11,13-15,23H2,1-2H3/t20-,22+/m0/s1. The molecule has 1 aliphatic rings. The van der Waals surface area contributed by atoms with E-state index in [1.54, 1.807) is 7.11 Å². The summed E-state index contributed by atoms with van der Waals surface area (Å²) in [4.78, 5) is 5.50. The minimum absolute atomic E-state index is 0.0535. The van der Waals surface area contributed by atoms with Gasteiger partial charge in [0.05, 0.1) is 19.4 Å². The fraction of sp³-hybridized carbons (Fsp3) is 0.409. The lowest BCUT2D eigenvalue weighted by Crippen LogP contribution is -2.40. The molecule has 0 radical (unpaired) electrons. The number of nitrogens with zero attached hydrogens (tertiary/aromatic N) is 1. The van der Waals surface area contributed by atoms with Crippen molar-refractivity contribution in [2.75, 3.05) is 13.7 Å². The van der Waals surface area contributed by atoms with E-state index in [1.807, 2.05) is 31.2 Å². The second-order valence-electron chi connectivity index (χ2n) is 7.38. The van der Waals surface area contributed by atoms with Gasteiger partial charge in [-0.3, -0.25) is 0 Å². The van der Waals surface area contributed by atoms with Crippen molar-refractivity contribution in [2.24, 2.45) is 10.9 Å². The third-order valence-corrected chi connectivity index (χ3v) is 5.33. The molecule has 2 atom stereocenters. The topological polar surface area (TPSA) is 77.1 Å². The summed E-state index contributed by atoms with van der Waals surface area (Å²) in [5, 5.41) is 13.7. The largest absolute Gasteiger partial charge is 0.497 e. The lowest BCUT2D eigenvalue weighted by Gasteiger charge is -2.20. The predicted octanol–water partition coefficient (Wildman–Crippen LogP) is 3.59. The minimum Gasteiger partial charge on any atom is -0.497 e. The first-order valence-electron chi connectivity index (χ1n) is 9.32. The van der Waals surface area contributed by atoms with Crippen molar-refractivity contribution in [2.45, 2.75) is 44.2 Å². The molecule has 0 saturated heterocycles. The average Bonchev–Trinajstić information content (AvgIpc) is 3.11. The number of nitrogens with two attached hydrogens (primary N) is 1. The summed E-state index contributed by atoms with van der Waals surface area (Å²) >= 11 is 0. The van der Waals surface area contributed by atoms with Crippen molar-refractivity contribution in [3.63, 3.8) is 0 Å². The number of aliphatic hydroxyl groups is 1. The summed E-state index contributed by atoms with van der Waals surface area (Å²) in [5.74, 6) is 1.22. The molecule has 3 N–H and O–H groups in total. The summed E-state index contributed by atoms with van der Waals surface area (Å²) in [6, 6.07) is 16.1. The van der Waals surface area contributed by atoms with E-state index in [2.05, 4.69) is 29.4 Å². The van der Waals surface area contributed by atoms with Crippen molar-refractivity contribution in [1.29, 1.82) is 0 Å². The molecule has 2 aromatic rings. The summed E-state index contributed by atoms with van der Waals surface area (Å²) in [6.45, 7) is 2.39. The third kappa shape index (κ3) is 4.87. The molecule has 5 nitrogen and oxygen atoms in total. The average molecular weight is 368 g/mol. The highest BCUT2D eigenvalue weighted by Crippen LogP contribution is 2.39. The highest BCUT2D eigenvalue weighted by atomic mass is 16.6. The van der Waals surface area contributed by atoms with E-state index >= 15 is 0 Å². The number of hydrogen-bond acceptors (Lipinski definition) is 5. The monoisotopic (exact) mass is 368 g/mol. The van der Waals surface area contributed by atoms with E-state index in [0.29, 0.717) is 12.5 Å². The second-order valence-corrected chi connectivity index (χ2v) is 7.38. The number of ether oxygens (including phenoxy) is 1. The molecule has 0 amide bonds. The van der Waals surface area contributed by atoms with Crippen LogP contribution in [0.3, 0.4) is 0 Å². The fourth-order valence-electron chi connectivity index (χ4n) is 3.60. The molecule has 0 unspecified atom stereocenters. The van der Waals surface area contributed by atoms with Crippen molar-refractivity contribution >= 4 is 5.71 Å². The predicted molar refractivity (Wildman–Crippen MR) is 107 cm³/mol. The van der Waals surface area contributed by atoms with E-state index in [1.165, 1.54) is 5.56 Å². The first-order valence-corrected chi connectivity index (χ1v) is 9.32. The summed E-state index contributed by atoms with van der Waals surface area (Å²) in [7, 11) is 1.65. The molecule has 1 fully saturated rings. The molecule has 0 aromatic heterocycles. The molecule has 3 rings (SSSR count). The maximum absolute atomic E-state index is 9.44. The number of oxime groups is 1. The second kappa shape index (κ2) is 8.55. The van der Waals surface area contributed by atoms with E-state index in [-0.39, 0.29) is 6.61 Å². The van der Waals surface area contributed by atoms with E-state index in [9.17, 15) is 5.11 Å². The summed E-state index contributed by atoms with van der Waals surface area (Å²) < 4.78 is 5.21. The van der Waals surface area contributed by atoms with E-state index in [0.717, 1.165) is 41.9 Å². The lowest BCUT2D eigenvalue weighted by molar-refractivity contribution is 0.130. The number of rotatable bonds is 7. The Hall–Kier alpha value is -2.37. The molecular weight excluding hydrogens is 340 g/mol. The van der Waals surface area contributed by atoms with Crippen LogP contribution in [0, 0.1) is 0 Å². The van der Waals surface area contributed by atoms with Gasteiger partial charge in [0, 0.05) is 5.54 Å². The van der Waals surface area contributed by atoms with Gasteiger partial charge in [-0.05, 0) is 60.9 Å². The molecule has 2 aromatic carbocycles. The normalized spacial score (nSPS) is 22.7. The fourth-order valence-corrected chi connectivity index (χ4v) is 3.60. The first-order chi connectivity index (χ1) is 13.0. The number of hydrogen-bond donors (Lipinski definition) is 2. The molecule has 27 heavy (non-hydrogen) atoms. The van der Waals surface area contributed by atoms with Gasteiger partial charge >= 0.3 is 0 Å². The van der Waals surface area contributed by atoms with Crippen LogP contribution in [0.1, 0.15) is 48.8 Å². The van der Waals surface area contributed by atoms with Crippen LogP contribution in [0.2, 0.25) is 0 Å². The Kier molecular flexibility index (Phi) is 6.14. The Morgan fingerprint density at radius 2 is 2.04 bits per heavy atom. The van der Waals surface area contributed by atoms with Gasteiger partial charge < -0.3 is 20.4 Å². The maximum Gasteiger partial charge on any atom is 0.142 e. The first kappa shape index (κ1) is 19.4. The van der Waals surface area contributed by atoms with Crippen LogP contribution in [0.25, 0.3) is 0 Å². The zero-order valence-electron chi connectivity index (χ0n) is 16.0. The number of benzene rings is 2. The van der Waals surface area contributed by atoms with Crippen LogP contribution in [0.15, 0.2) is 53.7 Å². The van der Waals surface area contributed by atoms with Gasteiger partial charge in [0.2, 0.25) is 0 Å². The van der Waals surface area contributed by atoms with Crippen LogP contribution in [0.4, 0.5) is 0 Å². The molecule has 0 spiro atoms. The van der Waals surface area contributed by atoms with Gasteiger partial charge in [-0.2, -0.15) is 0 Å². The summed E-state index contributed by atoms with van der Waals surface area (Å²) in [6.07, 6.45) is 2.72.